The van der Waals surface area contributed by atoms with Crippen molar-refractivity contribution >= 4 is 28.7 Å². The highest BCUT2D eigenvalue weighted by atomic mass is 32.1. The summed E-state index contributed by atoms with van der Waals surface area (Å²) >= 11 is 3.08. The number of urea groups is 1. The number of nitrogens with one attached hydrogen (secondary N) is 1. The molecule has 0 saturated heterocycles. The first-order valence-electron chi connectivity index (χ1n) is 5.50. The van der Waals surface area contributed by atoms with E-state index >= 15 is 0 Å². The Hall–Kier alpha value is -1.37. The van der Waals surface area contributed by atoms with Gasteiger partial charge < -0.3 is 5.32 Å². The van der Waals surface area contributed by atoms with E-state index in [1.54, 1.807) is 18.3 Å². The van der Waals surface area contributed by atoms with Crippen molar-refractivity contribution in [3.8, 4) is 0 Å². The Morgan fingerprint density at radius 1 is 1.39 bits per heavy atom. The predicted octanol–water partition coefficient (Wildman–Crippen LogP) is 3.47. The van der Waals surface area contributed by atoms with Crippen LogP contribution in [0.3, 0.4) is 0 Å². The molecule has 2 aromatic rings. The van der Waals surface area contributed by atoms with Crippen molar-refractivity contribution in [2.24, 2.45) is 0 Å². The monoisotopic (exact) mass is 282 g/mol. The van der Waals surface area contributed by atoms with Crippen molar-refractivity contribution in [1.82, 2.24) is 10.4 Å². The van der Waals surface area contributed by atoms with Gasteiger partial charge in [0.05, 0.1) is 12.6 Å². The molecule has 18 heavy (non-hydrogen) atoms. The van der Waals surface area contributed by atoms with E-state index < -0.39 is 6.03 Å². The van der Waals surface area contributed by atoms with Gasteiger partial charge in [-0.25, -0.2) is 4.79 Å². The Bertz CT molecular complexity index is 482. The van der Waals surface area contributed by atoms with Crippen LogP contribution >= 0.6 is 22.7 Å². The van der Waals surface area contributed by atoms with E-state index in [0.717, 1.165) is 14.8 Å². The highest BCUT2D eigenvalue weighted by molar-refractivity contribution is 7.10. The van der Waals surface area contributed by atoms with E-state index in [0.29, 0.717) is 6.54 Å². The molecule has 0 aliphatic heterocycles. The largest absolute Gasteiger partial charge is 0.342 e. The quantitative estimate of drug-likeness (QED) is 0.666. The number of hydrogen-bond acceptors (Lipinski definition) is 4. The Kier molecular flexibility index (Phi) is 4.35. The predicted molar refractivity (Wildman–Crippen MR) is 72.9 cm³/mol. The molecule has 0 bridgehead atoms. The molecule has 2 amide bonds. The van der Waals surface area contributed by atoms with Gasteiger partial charge in [-0.15, -0.1) is 22.7 Å². The highest BCUT2D eigenvalue weighted by Crippen LogP contribution is 2.23. The zero-order chi connectivity index (χ0) is 13.0. The number of nitrogens with zero attached hydrogens (tertiary/aromatic N) is 1. The molecule has 0 fully saturated rings. The van der Waals surface area contributed by atoms with Crippen molar-refractivity contribution in [1.29, 1.82) is 0 Å². The first-order valence-corrected chi connectivity index (χ1v) is 7.26. The summed E-state index contributed by atoms with van der Waals surface area (Å²) in [6.07, 6.45) is 0. The maximum atomic E-state index is 11.7. The fourth-order valence-corrected chi connectivity index (χ4v) is 2.90. The van der Waals surface area contributed by atoms with E-state index in [9.17, 15) is 10.0 Å². The summed E-state index contributed by atoms with van der Waals surface area (Å²) in [5.74, 6) is 0. The lowest BCUT2D eigenvalue weighted by Gasteiger charge is -2.21. The molecular formula is C12H14N2O2S2. The summed E-state index contributed by atoms with van der Waals surface area (Å²) in [4.78, 5) is 13.8. The van der Waals surface area contributed by atoms with Gasteiger partial charge in [0.2, 0.25) is 0 Å². The van der Waals surface area contributed by atoms with Gasteiger partial charge in [0.15, 0.2) is 0 Å². The Labute approximate surface area is 113 Å². The first-order chi connectivity index (χ1) is 8.68. The third-order valence-corrected chi connectivity index (χ3v) is 4.44. The zero-order valence-electron chi connectivity index (χ0n) is 9.87. The van der Waals surface area contributed by atoms with Crippen molar-refractivity contribution in [2.45, 2.75) is 19.5 Å². The Balaban J connectivity index is 1.88. The van der Waals surface area contributed by atoms with Gasteiger partial charge in [0.1, 0.15) is 0 Å². The van der Waals surface area contributed by atoms with Crippen LogP contribution in [0, 0.1) is 0 Å². The van der Waals surface area contributed by atoms with Crippen LogP contribution in [0.25, 0.3) is 0 Å². The lowest BCUT2D eigenvalue weighted by Crippen LogP contribution is -2.38. The number of carbonyl (C=O) groups is 1. The number of hydroxylamine groups is 2. The fourth-order valence-electron chi connectivity index (χ4n) is 1.48. The minimum atomic E-state index is -0.482. The molecule has 6 heteroatoms. The lowest BCUT2D eigenvalue weighted by atomic mass is 10.3. The molecular weight excluding hydrogens is 268 g/mol. The van der Waals surface area contributed by atoms with Gasteiger partial charge in [-0.3, -0.25) is 5.21 Å². The molecule has 96 valence electrons. The van der Waals surface area contributed by atoms with Gasteiger partial charge in [-0.05, 0) is 29.8 Å². The zero-order valence-corrected chi connectivity index (χ0v) is 11.5. The maximum Gasteiger partial charge on any atom is 0.342 e. The summed E-state index contributed by atoms with van der Waals surface area (Å²) in [6, 6.07) is 6.84. The van der Waals surface area contributed by atoms with E-state index in [4.69, 9.17) is 0 Å². The first kappa shape index (κ1) is 13.1. The topological polar surface area (TPSA) is 52.6 Å². The lowest BCUT2D eigenvalue weighted by molar-refractivity contribution is -0.0736. The maximum absolute atomic E-state index is 11.7. The average Bonchev–Trinajstić information content (AvgIpc) is 3.06. The Morgan fingerprint density at radius 3 is 2.72 bits per heavy atom. The number of rotatable bonds is 4. The minimum Gasteiger partial charge on any atom is -0.331 e. The molecule has 2 N–H and O–H groups in total. The van der Waals surface area contributed by atoms with E-state index in [1.807, 2.05) is 35.0 Å². The molecule has 0 aromatic carbocycles. The minimum absolute atomic E-state index is 0.340. The van der Waals surface area contributed by atoms with Crippen LogP contribution in [-0.4, -0.2) is 16.3 Å². The molecule has 0 radical (unpaired) electrons. The molecule has 1 atom stereocenters. The van der Waals surface area contributed by atoms with Crippen molar-refractivity contribution in [2.75, 3.05) is 0 Å². The van der Waals surface area contributed by atoms with Crippen LogP contribution in [-0.2, 0) is 6.54 Å². The average molecular weight is 282 g/mol. The second kappa shape index (κ2) is 5.99. The van der Waals surface area contributed by atoms with Crippen molar-refractivity contribution < 1.29 is 10.0 Å². The van der Waals surface area contributed by atoms with Crippen molar-refractivity contribution in [3.05, 3.63) is 44.8 Å². The smallest absolute Gasteiger partial charge is 0.331 e. The van der Waals surface area contributed by atoms with Crippen molar-refractivity contribution in [3.63, 3.8) is 0 Å². The van der Waals surface area contributed by atoms with Gasteiger partial charge in [-0.2, -0.15) is 5.06 Å². The van der Waals surface area contributed by atoms with E-state index in [2.05, 4.69) is 5.32 Å². The summed E-state index contributed by atoms with van der Waals surface area (Å²) < 4.78 is 0. The van der Waals surface area contributed by atoms with Gasteiger partial charge in [0.25, 0.3) is 0 Å². The number of thiophene rings is 2. The van der Waals surface area contributed by atoms with Crippen LogP contribution < -0.4 is 5.32 Å². The highest BCUT2D eigenvalue weighted by Gasteiger charge is 2.20. The van der Waals surface area contributed by atoms with Crippen LogP contribution in [0.2, 0.25) is 0 Å². The fraction of sp³-hybridized carbons (Fsp3) is 0.250. The third kappa shape index (κ3) is 3.10. The van der Waals surface area contributed by atoms with Gasteiger partial charge in [0, 0.05) is 9.75 Å². The molecule has 1 unspecified atom stereocenters. The number of amides is 2. The number of hydrogen-bond donors (Lipinski definition) is 2. The SMILES string of the molecule is CC(c1cccs1)N(O)C(=O)NCc1cccs1. The standard InChI is InChI=1S/C12H14N2O2S2/c1-9(11-5-3-7-18-11)14(16)12(15)13-8-10-4-2-6-17-10/h2-7,9,16H,8H2,1H3,(H,13,15). The molecule has 2 heterocycles. The summed E-state index contributed by atoms with van der Waals surface area (Å²) in [5.41, 5.74) is 0. The van der Waals surface area contributed by atoms with Gasteiger partial charge >= 0.3 is 6.03 Å². The third-order valence-electron chi connectivity index (χ3n) is 2.52. The summed E-state index contributed by atoms with van der Waals surface area (Å²) in [6.45, 7) is 2.22. The van der Waals surface area contributed by atoms with E-state index in [1.165, 1.54) is 11.3 Å². The Morgan fingerprint density at radius 2 is 2.11 bits per heavy atom. The molecule has 0 aliphatic carbocycles. The normalized spacial score (nSPS) is 12.1. The summed E-state index contributed by atoms with van der Waals surface area (Å²) in [5, 5.41) is 17.1. The molecule has 0 spiro atoms. The van der Waals surface area contributed by atoms with Crippen LogP contribution in [0.4, 0.5) is 4.79 Å². The molecule has 2 aromatic heterocycles. The molecule has 0 saturated carbocycles. The molecule has 2 rings (SSSR count). The molecule has 4 nitrogen and oxygen atoms in total. The second-order valence-corrected chi connectivity index (χ2v) is 5.79. The van der Waals surface area contributed by atoms with Crippen LogP contribution in [0.15, 0.2) is 35.0 Å². The van der Waals surface area contributed by atoms with E-state index in [-0.39, 0.29) is 6.04 Å². The van der Waals surface area contributed by atoms with Gasteiger partial charge in [-0.1, -0.05) is 12.1 Å². The number of carbonyl (C=O) groups excluding carboxylic acids is 1. The van der Waals surface area contributed by atoms with Crippen LogP contribution in [0.1, 0.15) is 22.7 Å². The second-order valence-electron chi connectivity index (χ2n) is 3.77. The summed E-state index contributed by atoms with van der Waals surface area (Å²) in [7, 11) is 0. The van der Waals surface area contributed by atoms with Crippen LogP contribution in [0.5, 0.6) is 0 Å². The molecule has 0 aliphatic rings.